The molecule has 0 heterocycles. The summed E-state index contributed by atoms with van der Waals surface area (Å²) >= 11 is 0. The summed E-state index contributed by atoms with van der Waals surface area (Å²) in [7, 11) is 0. The molecule has 0 saturated heterocycles. The van der Waals surface area contributed by atoms with Crippen LogP contribution < -0.4 is 0 Å². The Morgan fingerprint density at radius 3 is 2.50 bits per heavy atom. The number of benzene rings is 2. The smallest absolute Gasteiger partial charge is 0.166 e. The fraction of sp³-hybridized carbons (Fsp3) is 0.300. The average Bonchev–Trinajstić information content (AvgIpc) is 2.97. The monoisotopic (exact) mass is 292 g/mol. The van der Waals surface area contributed by atoms with Crippen molar-refractivity contribution in [3.63, 3.8) is 0 Å². The Balaban J connectivity index is 1.84. The minimum absolute atomic E-state index is 0.00285. The van der Waals surface area contributed by atoms with Crippen LogP contribution in [-0.2, 0) is 12.8 Å². The summed E-state index contributed by atoms with van der Waals surface area (Å²) in [6.45, 7) is 3.85. The molecule has 22 heavy (non-hydrogen) atoms. The van der Waals surface area contributed by atoms with E-state index in [0.29, 0.717) is 6.42 Å². The van der Waals surface area contributed by atoms with Gasteiger partial charge >= 0.3 is 0 Å². The van der Waals surface area contributed by atoms with Crippen molar-refractivity contribution in [2.24, 2.45) is 5.92 Å². The lowest BCUT2D eigenvalue weighted by Gasteiger charge is -2.10. The molecule has 0 spiro atoms. The molecule has 112 valence electrons. The topological polar surface area (TPSA) is 34.1 Å². The molecule has 3 rings (SSSR count). The fourth-order valence-electron chi connectivity index (χ4n) is 3.25. The molecule has 0 aliphatic heterocycles. The summed E-state index contributed by atoms with van der Waals surface area (Å²) in [6, 6.07) is 13.7. The number of hydrogen-bond donors (Lipinski definition) is 0. The Bertz CT molecular complexity index is 743. The van der Waals surface area contributed by atoms with E-state index in [0.717, 1.165) is 35.1 Å². The van der Waals surface area contributed by atoms with Crippen LogP contribution >= 0.6 is 0 Å². The maximum absolute atomic E-state index is 12.7. The quantitative estimate of drug-likeness (QED) is 0.792. The highest BCUT2D eigenvalue weighted by Crippen LogP contribution is 2.30. The van der Waals surface area contributed by atoms with Gasteiger partial charge in [0.2, 0.25) is 0 Å². The Morgan fingerprint density at radius 2 is 1.77 bits per heavy atom. The van der Waals surface area contributed by atoms with Crippen molar-refractivity contribution in [3.05, 3.63) is 70.3 Å². The summed E-state index contributed by atoms with van der Waals surface area (Å²) in [6.07, 6.45) is 2.04. The number of ketones is 2. The van der Waals surface area contributed by atoms with Crippen molar-refractivity contribution in [3.8, 4) is 0 Å². The second-order valence-electron chi connectivity index (χ2n) is 6.04. The van der Waals surface area contributed by atoms with Gasteiger partial charge in [0, 0.05) is 23.5 Å². The lowest BCUT2D eigenvalue weighted by molar-refractivity contribution is 0.0923. The summed E-state index contributed by atoms with van der Waals surface area (Å²) in [5, 5.41) is 0. The third kappa shape index (κ3) is 2.61. The summed E-state index contributed by atoms with van der Waals surface area (Å²) in [5.41, 5.74) is 4.99. The van der Waals surface area contributed by atoms with E-state index in [1.165, 1.54) is 5.56 Å². The number of hydrogen-bond acceptors (Lipinski definition) is 2. The lowest BCUT2D eigenvalue weighted by atomic mass is 9.92. The highest BCUT2D eigenvalue weighted by atomic mass is 16.1. The maximum Gasteiger partial charge on any atom is 0.166 e. The first-order chi connectivity index (χ1) is 10.6. The van der Waals surface area contributed by atoms with Gasteiger partial charge < -0.3 is 0 Å². The van der Waals surface area contributed by atoms with E-state index in [1.807, 2.05) is 56.3 Å². The first-order valence-corrected chi connectivity index (χ1v) is 7.85. The van der Waals surface area contributed by atoms with Crippen molar-refractivity contribution in [1.29, 1.82) is 0 Å². The zero-order valence-electron chi connectivity index (χ0n) is 13.1. The molecule has 0 aromatic heterocycles. The Kier molecular flexibility index (Phi) is 3.93. The normalized spacial score (nSPS) is 16.4. The molecule has 2 aromatic carbocycles. The summed E-state index contributed by atoms with van der Waals surface area (Å²) in [4.78, 5) is 24.6. The molecule has 1 aliphatic carbocycles. The number of aryl methyl sites for hydroxylation is 1. The van der Waals surface area contributed by atoms with Crippen LogP contribution in [0.25, 0.3) is 0 Å². The molecule has 0 radical (unpaired) electrons. The van der Waals surface area contributed by atoms with Gasteiger partial charge in [0.05, 0.1) is 0 Å². The van der Waals surface area contributed by atoms with E-state index in [-0.39, 0.29) is 17.5 Å². The van der Waals surface area contributed by atoms with Crippen molar-refractivity contribution in [2.75, 3.05) is 0 Å². The molecule has 0 fully saturated rings. The molecule has 0 amide bonds. The Morgan fingerprint density at radius 1 is 1.05 bits per heavy atom. The first-order valence-electron chi connectivity index (χ1n) is 7.85. The first kappa shape index (κ1) is 14.7. The van der Waals surface area contributed by atoms with Crippen molar-refractivity contribution in [1.82, 2.24) is 0 Å². The Labute approximate surface area is 131 Å². The second-order valence-corrected chi connectivity index (χ2v) is 6.04. The SMILES string of the molecule is CCC(=O)c1ccc2c(c1)CC(C(=O)c1ccccc1C)C2. The third-order valence-electron chi connectivity index (χ3n) is 4.56. The van der Waals surface area contributed by atoms with Gasteiger partial charge in [0.15, 0.2) is 11.6 Å². The highest BCUT2D eigenvalue weighted by Gasteiger charge is 2.29. The predicted octanol–water partition coefficient (Wildman–Crippen LogP) is 4.19. The average molecular weight is 292 g/mol. The van der Waals surface area contributed by atoms with Crippen LogP contribution in [0.3, 0.4) is 0 Å². The van der Waals surface area contributed by atoms with E-state index >= 15 is 0 Å². The van der Waals surface area contributed by atoms with Crippen molar-refractivity contribution in [2.45, 2.75) is 33.1 Å². The molecule has 2 nitrogen and oxygen atoms in total. The van der Waals surface area contributed by atoms with Gasteiger partial charge in [-0.3, -0.25) is 9.59 Å². The molecule has 2 heteroatoms. The van der Waals surface area contributed by atoms with Crippen molar-refractivity contribution >= 4 is 11.6 Å². The molecule has 2 aromatic rings. The van der Waals surface area contributed by atoms with E-state index in [9.17, 15) is 9.59 Å². The maximum atomic E-state index is 12.7. The van der Waals surface area contributed by atoms with Crippen LogP contribution in [0.5, 0.6) is 0 Å². The molecule has 1 atom stereocenters. The van der Waals surface area contributed by atoms with Crippen LogP contribution in [0.1, 0.15) is 50.8 Å². The summed E-state index contributed by atoms with van der Waals surface area (Å²) in [5.74, 6) is 0.386. The van der Waals surface area contributed by atoms with Gasteiger partial charge in [0.25, 0.3) is 0 Å². The van der Waals surface area contributed by atoms with Crippen LogP contribution in [-0.4, -0.2) is 11.6 Å². The Hall–Kier alpha value is -2.22. The molecule has 0 saturated carbocycles. The number of carbonyl (C=O) groups is 2. The molecule has 1 unspecified atom stereocenters. The number of Topliss-reactive ketones (excluding diaryl/α,β-unsaturated/α-hetero) is 2. The van der Waals surface area contributed by atoms with E-state index < -0.39 is 0 Å². The van der Waals surface area contributed by atoms with Crippen LogP contribution in [0, 0.1) is 12.8 Å². The number of rotatable bonds is 4. The van der Waals surface area contributed by atoms with Crippen LogP contribution in [0.4, 0.5) is 0 Å². The third-order valence-corrected chi connectivity index (χ3v) is 4.56. The van der Waals surface area contributed by atoms with Crippen LogP contribution in [0.15, 0.2) is 42.5 Å². The zero-order chi connectivity index (χ0) is 15.7. The molecular formula is C20H20O2. The van der Waals surface area contributed by atoms with Gasteiger partial charge in [0.1, 0.15) is 0 Å². The van der Waals surface area contributed by atoms with Gasteiger partial charge in [-0.25, -0.2) is 0 Å². The molecule has 0 bridgehead atoms. The van der Waals surface area contributed by atoms with E-state index in [1.54, 1.807) is 0 Å². The zero-order valence-corrected chi connectivity index (χ0v) is 13.1. The fourth-order valence-corrected chi connectivity index (χ4v) is 3.25. The largest absolute Gasteiger partial charge is 0.294 e. The second kappa shape index (κ2) is 5.88. The van der Waals surface area contributed by atoms with Crippen molar-refractivity contribution < 1.29 is 9.59 Å². The molecule has 0 N–H and O–H groups in total. The molecule has 1 aliphatic rings. The van der Waals surface area contributed by atoms with Gasteiger partial charge in [-0.1, -0.05) is 43.3 Å². The number of carbonyl (C=O) groups excluding carboxylic acids is 2. The van der Waals surface area contributed by atoms with E-state index in [4.69, 9.17) is 0 Å². The predicted molar refractivity (Wildman–Crippen MR) is 87.5 cm³/mol. The van der Waals surface area contributed by atoms with Crippen LogP contribution in [0.2, 0.25) is 0 Å². The molecular weight excluding hydrogens is 272 g/mol. The highest BCUT2D eigenvalue weighted by molar-refractivity contribution is 6.00. The van der Waals surface area contributed by atoms with E-state index in [2.05, 4.69) is 0 Å². The lowest BCUT2D eigenvalue weighted by Crippen LogP contribution is -2.16. The van der Waals surface area contributed by atoms with Gasteiger partial charge in [-0.05, 0) is 42.5 Å². The van der Waals surface area contributed by atoms with Gasteiger partial charge in [-0.15, -0.1) is 0 Å². The standard InChI is InChI=1S/C20H20O2/c1-3-19(21)15-9-8-14-10-17(12-16(14)11-15)20(22)18-7-5-4-6-13(18)2/h4-9,11,17H,3,10,12H2,1-2H3. The summed E-state index contributed by atoms with van der Waals surface area (Å²) < 4.78 is 0. The van der Waals surface area contributed by atoms with Gasteiger partial charge in [-0.2, -0.15) is 0 Å². The number of fused-ring (bicyclic) bond motifs is 1. The minimum Gasteiger partial charge on any atom is -0.294 e. The minimum atomic E-state index is 0.00285.